The molecule has 0 radical (unpaired) electrons. The number of aryl methyl sites for hydroxylation is 3. The fraction of sp³-hybridized carbons (Fsp3) is 0.381. The molecule has 2 rings (SSSR count). The first-order chi connectivity index (χ1) is 11.4. The van der Waals surface area contributed by atoms with Gasteiger partial charge in [-0.25, -0.2) is 0 Å². The number of nitrogens with one attached hydrogen (secondary N) is 2. The molecule has 0 aliphatic rings. The Balaban J connectivity index is 2.02. The van der Waals surface area contributed by atoms with Gasteiger partial charge >= 0.3 is 0 Å². The summed E-state index contributed by atoms with van der Waals surface area (Å²) in [6.45, 7) is 10.8. The zero-order chi connectivity index (χ0) is 17.7. The monoisotopic (exact) mass is 324 g/mol. The first-order valence-corrected chi connectivity index (χ1v) is 8.54. The summed E-state index contributed by atoms with van der Waals surface area (Å²) < 4.78 is 0. The summed E-state index contributed by atoms with van der Waals surface area (Å²) in [5.74, 6) is 0.398. The molecule has 1 amide bonds. The maximum absolute atomic E-state index is 12.4. The van der Waals surface area contributed by atoms with Crippen molar-refractivity contribution in [2.24, 2.45) is 5.92 Å². The van der Waals surface area contributed by atoms with Gasteiger partial charge < -0.3 is 10.6 Å². The quantitative estimate of drug-likeness (QED) is 0.819. The van der Waals surface area contributed by atoms with Crippen LogP contribution in [0.1, 0.15) is 42.1 Å². The van der Waals surface area contributed by atoms with E-state index in [1.807, 2.05) is 32.0 Å². The van der Waals surface area contributed by atoms with E-state index >= 15 is 0 Å². The van der Waals surface area contributed by atoms with Crippen LogP contribution in [-0.2, 0) is 4.79 Å². The van der Waals surface area contributed by atoms with Crippen molar-refractivity contribution in [2.75, 3.05) is 11.9 Å². The van der Waals surface area contributed by atoms with Crippen LogP contribution in [-0.4, -0.2) is 12.5 Å². The molecule has 0 unspecified atom stereocenters. The molecule has 0 aliphatic heterocycles. The van der Waals surface area contributed by atoms with Gasteiger partial charge in [-0.1, -0.05) is 61.9 Å². The Morgan fingerprint density at radius 3 is 2.12 bits per heavy atom. The van der Waals surface area contributed by atoms with Crippen molar-refractivity contribution in [2.45, 2.75) is 40.7 Å². The van der Waals surface area contributed by atoms with Crippen molar-refractivity contribution in [3.63, 3.8) is 0 Å². The number of carbonyl (C=O) groups is 1. The zero-order valence-corrected chi connectivity index (χ0v) is 15.3. The van der Waals surface area contributed by atoms with Gasteiger partial charge in [0.15, 0.2) is 0 Å². The van der Waals surface area contributed by atoms with E-state index in [4.69, 9.17) is 0 Å². The number of anilines is 1. The Bertz CT molecular complexity index is 669. The normalized spacial score (nSPS) is 12.2. The number of hydrogen-bond donors (Lipinski definition) is 2. The van der Waals surface area contributed by atoms with E-state index in [9.17, 15) is 4.79 Å². The minimum absolute atomic E-state index is 0.00775. The molecule has 0 bridgehead atoms. The standard InChI is InChI=1S/C21H28N2O/c1-14(2)20(18-9-7-6-8-10-18)22-13-19(24)23-21-16(4)11-15(3)12-17(21)5/h6-12,14,20,22H,13H2,1-5H3,(H,23,24)/t20-/m0/s1. The molecule has 128 valence electrons. The highest BCUT2D eigenvalue weighted by molar-refractivity contribution is 5.93. The second kappa shape index (κ2) is 8.11. The van der Waals surface area contributed by atoms with Crippen LogP contribution < -0.4 is 10.6 Å². The molecule has 1 atom stereocenters. The van der Waals surface area contributed by atoms with E-state index in [2.05, 4.69) is 55.7 Å². The Labute approximate surface area is 145 Å². The number of carbonyl (C=O) groups excluding carboxylic acids is 1. The van der Waals surface area contributed by atoms with Crippen molar-refractivity contribution in [1.82, 2.24) is 5.32 Å². The fourth-order valence-corrected chi connectivity index (χ4v) is 3.16. The van der Waals surface area contributed by atoms with Crippen molar-refractivity contribution in [3.8, 4) is 0 Å². The third kappa shape index (κ3) is 4.68. The average molecular weight is 324 g/mol. The summed E-state index contributed by atoms with van der Waals surface area (Å²) >= 11 is 0. The third-order valence-corrected chi connectivity index (χ3v) is 4.25. The van der Waals surface area contributed by atoms with Crippen molar-refractivity contribution < 1.29 is 4.79 Å². The molecule has 0 fully saturated rings. The van der Waals surface area contributed by atoms with E-state index in [1.54, 1.807) is 0 Å². The minimum Gasteiger partial charge on any atom is -0.324 e. The Morgan fingerprint density at radius 2 is 1.58 bits per heavy atom. The molecule has 0 aromatic heterocycles. The van der Waals surface area contributed by atoms with Crippen LogP contribution in [0.4, 0.5) is 5.69 Å². The summed E-state index contributed by atoms with van der Waals surface area (Å²) in [5, 5.41) is 6.44. The maximum Gasteiger partial charge on any atom is 0.238 e. The molecule has 0 heterocycles. The van der Waals surface area contributed by atoms with Crippen molar-refractivity contribution >= 4 is 11.6 Å². The Morgan fingerprint density at radius 1 is 1.00 bits per heavy atom. The average Bonchev–Trinajstić information content (AvgIpc) is 2.51. The van der Waals surface area contributed by atoms with Crippen LogP contribution >= 0.6 is 0 Å². The molecular weight excluding hydrogens is 296 g/mol. The molecule has 0 aliphatic carbocycles. The highest BCUT2D eigenvalue weighted by Crippen LogP contribution is 2.23. The van der Waals surface area contributed by atoms with E-state index in [0.717, 1.165) is 16.8 Å². The third-order valence-electron chi connectivity index (χ3n) is 4.25. The summed E-state index contributed by atoms with van der Waals surface area (Å²) in [4.78, 5) is 12.4. The lowest BCUT2D eigenvalue weighted by Crippen LogP contribution is -2.33. The number of hydrogen-bond acceptors (Lipinski definition) is 2. The summed E-state index contributed by atoms with van der Waals surface area (Å²) in [7, 11) is 0. The maximum atomic E-state index is 12.4. The van der Waals surface area contributed by atoms with Crippen molar-refractivity contribution in [3.05, 3.63) is 64.7 Å². The zero-order valence-electron chi connectivity index (χ0n) is 15.3. The molecule has 24 heavy (non-hydrogen) atoms. The molecule has 2 N–H and O–H groups in total. The van der Waals surface area contributed by atoms with E-state index in [0.29, 0.717) is 12.5 Å². The lowest BCUT2D eigenvalue weighted by Gasteiger charge is -2.23. The molecule has 0 saturated carbocycles. The Kier molecular flexibility index (Phi) is 6.16. The van der Waals surface area contributed by atoms with Crippen LogP contribution in [0.3, 0.4) is 0 Å². The van der Waals surface area contributed by atoms with E-state index in [1.165, 1.54) is 11.1 Å². The largest absolute Gasteiger partial charge is 0.324 e. The van der Waals surface area contributed by atoms with Gasteiger partial charge in [-0.15, -0.1) is 0 Å². The summed E-state index contributed by atoms with van der Waals surface area (Å²) in [6, 6.07) is 14.6. The number of amides is 1. The van der Waals surface area contributed by atoms with Gasteiger partial charge in [-0.2, -0.15) is 0 Å². The van der Waals surface area contributed by atoms with E-state index < -0.39 is 0 Å². The van der Waals surface area contributed by atoms with Gasteiger partial charge in [0.2, 0.25) is 5.91 Å². The summed E-state index contributed by atoms with van der Waals surface area (Å²) in [5.41, 5.74) is 5.55. The molecule has 0 saturated heterocycles. The van der Waals surface area contributed by atoms with Crippen molar-refractivity contribution in [1.29, 1.82) is 0 Å². The van der Waals surface area contributed by atoms with Crippen LogP contribution in [0.15, 0.2) is 42.5 Å². The van der Waals surface area contributed by atoms with Crippen LogP contribution in [0, 0.1) is 26.7 Å². The van der Waals surface area contributed by atoms with Crippen LogP contribution in [0.2, 0.25) is 0 Å². The molecule has 2 aromatic rings. The van der Waals surface area contributed by atoms with Gasteiger partial charge in [0.1, 0.15) is 0 Å². The first-order valence-electron chi connectivity index (χ1n) is 8.54. The van der Waals surface area contributed by atoms with Gasteiger partial charge in [-0.05, 0) is 43.4 Å². The van der Waals surface area contributed by atoms with E-state index in [-0.39, 0.29) is 11.9 Å². The molecular formula is C21H28N2O. The molecule has 0 spiro atoms. The lowest BCUT2D eigenvalue weighted by atomic mass is 9.96. The molecule has 2 aromatic carbocycles. The highest BCUT2D eigenvalue weighted by atomic mass is 16.1. The van der Waals surface area contributed by atoms with Gasteiger partial charge in [0.25, 0.3) is 0 Å². The smallest absolute Gasteiger partial charge is 0.238 e. The van der Waals surface area contributed by atoms with Gasteiger partial charge in [-0.3, -0.25) is 4.79 Å². The number of rotatable bonds is 6. The second-order valence-electron chi connectivity index (χ2n) is 6.84. The highest BCUT2D eigenvalue weighted by Gasteiger charge is 2.16. The first kappa shape index (κ1) is 18.2. The van der Waals surface area contributed by atoms with Crippen LogP contribution in [0.5, 0.6) is 0 Å². The molecule has 3 heteroatoms. The minimum atomic E-state index is -0.00775. The lowest BCUT2D eigenvalue weighted by molar-refractivity contribution is -0.115. The predicted octanol–water partition coefficient (Wildman–Crippen LogP) is 4.54. The fourth-order valence-electron chi connectivity index (χ4n) is 3.16. The number of benzene rings is 2. The molecule has 3 nitrogen and oxygen atoms in total. The summed E-state index contributed by atoms with van der Waals surface area (Å²) in [6.07, 6.45) is 0. The van der Waals surface area contributed by atoms with Crippen LogP contribution in [0.25, 0.3) is 0 Å². The SMILES string of the molecule is Cc1cc(C)c(NC(=O)CN[C@H](c2ccccc2)C(C)C)c(C)c1. The van der Waals surface area contributed by atoms with Gasteiger partial charge in [0.05, 0.1) is 6.54 Å². The topological polar surface area (TPSA) is 41.1 Å². The second-order valence-corrected chi connectivity index (χ2v) is 6.84. The predicted molar refractivity (Wildman–Crippen MR) is 101 cm³/mol. The van der Waals surface area contributed by atoms with Gasteiger partial charge in [0, 0.05) is 11.7 Å². The Hall–Kier alpha value is -2.13.